The molecule has 0 spiro atoms. The van der Waals surface area contributed by atoms with Crippen LogP contribution in [0.15, 0.2) is 30.3 Å². The second kappa shape index (κ2) is 7.58. The van der Waals surface area contributed by atoms with E-state index in [0.717, 1.165) is 17.7 Å². The highest BCUT2D eigenvalue weighted by Gasteiger charge is 2.33. The molecule has 0 radical (unpaired) electrons. The van der Waals surface area contributed by atoms with Crippen molar-refractivity contribution in [3.05, 3.63) is 57.6 Å². The second-order valence-corrected chi connectivity index (χ2v) is 6.62. The number of halogens is 4. The molecule has 140 valence electrons. The van der Waals surface area contributed by atoms with E-state index in [9.17, 15) is 18.0 Å². The molecule has 2 rings (SSSR count). The van der Waals surface area contributed by atoms with Crippen LogP contribution in [-0.4, -0.2) is 13.0 Å². The van der Waals surface area contributed by atoms with E-state index in [1.807, 2.05) is 13.8 Å². The van der Waals surface area contributed by atoms with Gasteiger partial charge in [0.05, 0.1) is 17.7 Å². The molecule has 0 saturated carbocycles. The van der Waals surface area contributed by atoms with Gasteiger partial charge in [0.15, 0.2) is 0 Å². The Morgan fingerprint density at radius 3 is 2.38 bits per heavy atom. The van der Waals surface area contributed by atoms with Crippen LogP contribution < -0.4 is 10.1 Å². The van der Waals surface area contributed by atoms with E-state index < -0.39 is 22.7 Å². The number of ether oxygens (including phenoxy) is 1. The molecule has 0 heterocycles. The van der Waals surface area contributed by atoms with Crippen LogP contribution in [0.25, 0.3) is 0 Å². The van der Waals surface area contributed by atoms with E-state index in [-0.39, 0.29) is 11.6 Å². The monoisotopic (exact) mass is 385 g/mol. The number of carbonyl (C=O) groups excluding carboxylic acids is 1. The van der Waals surface area contributed by atoms with Crippen LogP contribution >= 0.6 is 11.6 Å². The lowest BCUT2D eigenvalue weighted by atomic mass is 9.96. The number of rotatable bonds is 4. The fourth-order valence-electron chi connectivity index (χ4n) is 2.59. The lowest BCUT2D eigenvalue weighted by Crippen LogP contribution is -2.15. The number of nitrogens with one attached hydrogen (secondary N) is 1. The Morgan fingerprint density at radius 1 is 1.19 bits per heavy atom. The van der Waals surface area contributed by atoms with Crippen molar-refractivity contribution in [1.82, 2.24) is 0 Å². The standard InChI is InChI=1S/C19H19ClF3NO2/c1-10(2)13-9-14(11(3)7-17(13)26-4)18(25)24-12-5-6-16(20)15(8-12)19(21,22)23/h5-10H,1-4H3,(H,24,25). The minimum absolute atomic E-state index is 0.0213. The smallest absolute Gasteiger partial charge is 0.417 e. The molecule has 1 N–H and O–H groups in total. The number of hydrogen-bond donors (Lipinski definition) is 1. The quantitative estimate of drug-likeness (QED) is 0.695. The summed E-state index contributed by atoms with van der Waals surface area (Å²) in [6.07, 6.45) is -4.60. The van der Waals surface area contributed by atoms with Gasteiger partial charge in [0.2, 0.25) is 0 Å². The zero-order chi connectivity index (χ0) is 19.6. The van der Waals surface area contributed by atoms with Gasteiger partial charge >= 0.3 is 6.18 Å². The van der Waals surface area contributed by atoms with Gasteiger partial charge in [0, 0.05) is 11.3 Å². The number of amides is 1. The van der Waals surface area contributed by atoms with Crippen LogP contribution in [0.4, 0.5) is 18.9 Å². The Kier molecular flexibility index (Phi) is 5.86. The third kappa shape index (κ3) is 4.30. The summed E-state index contributed by atoms with van der Waals surface area (Å²) in [6.45, 7) is 5.66. The Labute approximate surface area is 155 Å². The average molecular weight is 386 g/mol. The van der Waals surface area contributed by atoms with Crippen molar-refractivity contribution in [2.75, 3.05) is 12.4 Å². The molecular formula is C19H19ClF3NO2. The van der Waals surface area contributed by atoms with Crippen molar-refractivity contribution in [2.45, 2.75) is 32.9 Å². The fourth-order valence-corrected chi connectivity index (χ4v) is 2.81. The fraction of sp³-hybridized carbons (Fsp3) is 0.316. The number of alkyl halides is 3. The number of methoxy groups -OCH3 is 1. The predicted molar refractivity (Wildman–Crippen MR) is 96.2 cm³/mol. The largest absolute Gasteiger partial charge is 0.496 e. The molecule has 0 unspecified atom stereocenters. The van der Waals surface area contributed by atoms with Crippen molar-refractivity contribution in [3.63, 3.8) is 0 Å². The Bertz CT molecular complexity index is 832. The Balaban J connectivity index is 2.38. The SMILES string of the molecule is COc1cc(C)c(C(=O)Nc2ccc(Cl)c(C(F)(F)F)c2)cc1C(C)C. The van der Waals surface area contributed by atoms with Gasteiger partial charge in [-0.15, -0.1) is 0 Å². The summed E-state index contributed by atoms with van der Waals surface area (Å²) in [4.78, 5) is 12.6. The van der Waals surface area contributed by atoms with E-state index in [1.54, 1.807) is 26.2 Å². The molecule has 2 aromatic rings. The summed E-state index contributed by atoms with van der Waals surface area (Å²) >= 11 is 5.60. The highest BCUT2D eigenvalue weighted by atomic mass is 35.5. The zero-order valence-electron chi connectivity index (χ0n) is 14.8. The lowest BCUT2D eigenvalue weighted by molar-refractivity contribution is -0.137. The highest BCUT2D eigenvalue weighted by molar-refractivity contribution is 6.31. The second-order valence-electron chi connectivity index (χ2n) is 6.21. The van der Waals surface area contributed by atoms with Gasteiger partial charge in [-0.25, -0.2) is 0 Å². The lowest BCUT2D eigenvalue weighted by Gasteiger charge is -2.16. The van der Waals surface area contributed by atoms with Crippen molar-refractivity contribution < 1.29 is 22.7 Å². The molecule has 3 nitrogen and oxygen atoms in total. The van der Waals surface area contributed by atoms with Gasteiger partial charge < -0.3 is 10.1 Å². The summed E-state index contributed by atoms with van der Waals surface area (Å²) in [5.41, 5.74) is 0.904. The first-order chi connectivity index (χ1) is 12.0. The van der Waals surface area contributed by atoms with Gasteiger partial charge in [0.25, 0.3) is 5.91 Å². The van der Waals surface area contributed by atoms with Gasteiger partial charge in [-0.3, -0.25) is 4.79 Å². The van der Waals surface area contributed by atoms with Crippen LogP contribution in [0.5, 0.6) is 5.75 Å². The molecule has 0 aliphatic carbocycles. The molecule has 1 amide bonds. The minimum Gasteiger partial charge on any atom is -0.496 e. The summed E-state index contributed by atoms with van der Waals surface area (Å²) < 4.78 is 44.2. The molecule has 0 fully saturated rings. The normalized spacial score (nSPS) is 11.6. The summed E-state index contributed by atoms with van der Waals surface area (Å²) in [5, 5.41) is 2.09. The van der Waals surface area contributed by atoms with Crippen LogP contribution in [0.1, 0.15) is 46.8 Å². The first kappa shape index (κ1) is 20.1. The molecule has 0 bridgehead atoms. The molecule has 0 saturated heterocycles. The van der Waals surface area contributed by atoms with E-state index in [0.29, 0.717) is 16.9 Å². The Morgan fingerprint density at radius 2 is 1.85 bits per heavy atom. The van der Waals surface area contributed by atoms with Crippen molar-refractivity contribution >= 4 is 23.2 Å². The van der Waals surface area contributed by atoms with E-state index in [4.69, 9.17) is 16.3 Å². The van der Waals surface area contributed by atoms with Gasteiger partial charge in [0.1, 0.15) is 5.75 Å². The van der Waals surface area contributed by atoms with Crippen LogP contribution in [0.3, 0.4) is 0 Å². The van der Waals surface area contributed by atoms with Crippen molar-refractivity contribution in [2.24, 2.45) is 0 Å². The van der Waals surface area contributed by atoms with Crippen LogP contribution in [0, 0.1) is 6.92 Å². The maximum atomic E-state index is 13.0. The molecular weight excluding hydrogens is 367 g/mol. The molecule has 0 atom stereocenters. The third-order valence-electron chi connectivity index (χ3n) is 3.97. The number of hydrogen-bond acceptors (Lipinski definition) is 2. The van der Waals surface area contributed by atoms with Crippen LogP contribution in [-0.2, 0) is 6.18 Å². The third-order valence-corrected chi connectivity index (χ3v) is 4.30. The van der Waals surface area contributed by atoms with Gasteiger partial charge in [-0.2, -0.15) is 13.2 Å². The molecule has 2 aromatic carbocycles. The Hall–Kier alpha value is -2.21. The van der Waals surface area contributed by atoms with Crippen LogP contribution in [0.2, 0.25) is 5.02 Å². The molecule has 26 heavy (non-hydrogen) atoms. The molecule has 7 heteroatoms. The molecule has 0 aromatic heterocycles. The van der Waals surface area contributed by atoms with Gasteiger partial charge in [-0.1, -0.05) is 25.4 Å². The van der Waals surface area contributed by atoms with E-state index in [1.165, 1.54) is 6.07 Å². The maximum Gasteiger partial charge on any atom is 0.417 e. The zero-order valence-corrected chi connectivity index (χ0v) is 15.5. The maximum absolute atomic E-state index is 13.0. The number of aryl methyl sites for hydroxylation is 1. The summed E-state index contributed by atoms with van der Waals surface area (Å²) in [5.74, 6) is 0.284. The highest BCUT2D eigenvalue weighted by Crippen LogP contribution is 2.36. The number of carbonyl (C=O) groups is 1. The molecule has 0 aliphatic rings. The predicted octanol–water partition coefficient (Wildman–Crippen LogP) is 6.05. The summed E-state index contributed by atoms with van der Waals surface area (Å²) in [6, 6.07) is 6.71. The minimum atomic E-state index is -4.60. The average Bonchev–Trinajstić information content (AvgIpc) is 2.54. The first-order valence-corrected chi connectivity index (χ1v) is 8.29. The van der Waals surface area contributed by atoms with Crippen molar-refractivity contribution in [3.8, 4) is 5.75 Å². The van der Waals surface area contributed by atoms with Crippen molar-refractivity contribution in [1.29, 1.82) is 0 Å². The number of benzene rings is 2. The van der Waals surface area contributed by atoms with E-state index in [2.05, 4.69) is 5.32 Å². The van der Waals surface area contributed by atoms with Gasteiger partial charge in [-0.05, 0) is 54.3 Å². The number of anilines is 1. The summed E-state index contributed by atoms with van der Waals surface area (Å²) in [7, 11) is 1.55. The van der Waals surface area contributed by atoms with E-state index >= 15 is 0 Å². The first-order valence-electron chi connectivity index (χ1n) is 7.91. The topological polar surface area (TPSA) is 38.3 Å². The molecule has 0 aliphatic heterocycles.